The third-order valence-corrected chi connectivity index (χ3v) is 4.13. The normalized spacial score (nSPS) is 20.2. The van der Waals surface area contributed by atoms with Gasteiger partial charge in [0.25, 0.3) is 0 Å². The van der Waals surface area contributed by atoms with Crippen molar-refractivity contribution in [1.82, 2.24) is 0 Å². The number of rotatable bonds is 4. The summed E-state index contributed by atoms with van der Waals surface area (Å²) in [7, 11) is 0. The number of aryl methyl sites for hydroxylation is 1. The van der Waals surface area contributed by atoms with Gasteiger partial charge in [0.2, 0.25) is 0 Å². The summed E-state index contributed by atoms with van der Waals surface area (Å²) < 4.78 is 0. The highest BCUT2D eigenvalue weighted by molar-refractivity contribution is 5.54. The second-order valence-electron chi connectivity index (χ2n) is 5.52. The van der Waals surface area contributed by atoms with Gasteiger partial charge in [0, 0.05) is 18.8 Å². The molecule has 0 amide bonds. The van der Waals surface area contributed by atoms with Crippen molar-refractivity contribution in [3.05, 3.63) is 29.3 Å². The van der Waals surface area contributed by atoms with Crippen LogP contribution in [0.1, 0.15) is 37.3 Å². The number of nitrogens with zero attached hydrogens (tertiary/aromatic N) is 1. The monoisotopic (exact) mass is 246 g/mol. The quantitative estimate of drug-likeness (QED) is 0.884. The van der Waals surface area contributed by atoms with Gasteiger partial charge in [-0.3, -0.25) is 0 Å². The van der Waals surface area contributed by atoms with E-state index in [-0.39, 0.29) is 0 Å². The maximum Gasteiger partial charge on any atom is 0.0396 e. The highest BCUT2D eigenvalue weighted by atomic mass is 15.1. The Hall–Kier alpha value is -1.02. The van der Waals surface area contributed by atoms with E-state index in [9.17, 15) is 0 Å². The molecule has 2 nitrogen and oxygen atoms in total. The molecule has 0 aliphatic carbocycles. The van der Waals surface area contributed by atoms with Crippen LogP contribution in [0, 0.1) is 12.8 Å². The minimum atomic E-state index is 0.737. The molecule has 1 unspecified atom stereocenters. The summed E-state index contributed by atoms with van der Waals surface area (Å²) in [5.74, 6) is 0.877. The number of hydrogen-bond donors (Lipinski definition) is 1. The van der Waals surface area contributed by atoms with Gasteiger partial charge < -0.3 is 10.6 Å². The van der Waals surface area contributed by atoms with Crippen LogP contribution < -0.4 is 10.6 Å². The predicted octanol–water partition coefficient (Wildman–Crippen LogP) is 3.12. The molecule has 0 spiro atoms. The van der Waals surface area contributed by atoms with Crippen molar-refractivity contribution in [2.75, 3.05) is 24.5 Å². The van der Waals surface area contributed by atoms with Crippen molar-refractivity contribution in [2.45, 2.75) is 39.5 Å². The lowest BCUT2D eigenvalue weighted by atomic mass is 9.94. The predicted molar refractivity (Wildman–Crippen MR) is 79.2 cm³/mol. The third-order valence-electron chi connectivity index (χ3n) is 4.13. The number of benzene rings is 1. The van der Waals surface area contributed by atoms with Crippen LogP contribution >= 0.6 is 0 Å². The minimum absolute atomic E-state index is 0.737. The second kappa shape index (κ2) is 6.24. The van der Waals surface area contributed by atoms with Gasteiger partial charge >= 0.3 is 0 Å². The smallest absolute Gasteiger partial charge is 0.0396 e. The van der Waals surface area contributed by atoms with E-state index in [2.05, 4.69) is 36.9 Å². The lowest BCUT2D eigenvalue weighted by Crippen LogP contribution is -2.35. The first-order valence-corrected chi connectivity index (χ1v) is 7.29. The van der Waals surface area contributed by atoms with Crippen molar-refractivity contribution in [3.63, 3.8) is 0 Å². The molecule has 2 rings (SSSR count). The van der Waals surface area contributed by atoms with E-state index in [1.54, 1.807) is 0 Å². The largest absolute Gasteiger partial charge is 0.371 e. The average molecular weight is 246 g/mol. The summed E-state index contributed by atoms with van der Waals surface area (Å²) in [4.78, 5) is 2.57. The Morgan fingerprint density at radius 3 is 2.89 bits per heavy atom. The molecule has 0 radical (unpaired) electrons. The van der Waals surface area contributed by atoms with Crippen molar-refractivity contribution in [2.24, 2.45) is 11.7 Å². The van der Waals surface area contributed by atoms with E-state index in [0.717, 1.165) is 18.9 Å². The molecular weight excluding hydrogens is 220 g/mol. The minimum Gasteiger partial charge on any atom is -0.371 e. The second-order valence-corrected chi connectivity index (χ2v) is 5.52. The average Bonchev–Trinajstić information content (AvgIpc) is 2.39. The van der Waals surface area contributed by atoms with Crippen LogP contribution in [-0.2, 0) is 6.42 Å². The Bertz CT molecular complexity index is 387. The van der Waals surface area contributed by atoms with E-state index >= 15 is 0 Å². The molecule has 100 valence electrons. The van der Waals surface area contributed by atoms with Gasteiger partial charge in [0.15, 0.2) is 0 Å². The van der Waals surface area contributed by atoms with Crippen molar-refractivity contribution < 1.29 is 0 Å². The zero-order valence-electron chi connectivity index (χ0n) is 11.8. The van der Waals surface area contributed by atoms with E-state index in [1.807, 2.05) is 0 Å². The molecule has 2 N–H and O–H groups in total. The van der Waals surface area contributed by atoms with Crippen LogP contribution in [-0.4, -0.2) is 19.6 Å². The zero-order valence-corrected chi connectivity index (χ0v) is 11.8. The lowest BCUT2D eigenvalue weighted by molar-refractivity contribution is 0.404. The van der Waals surface area contributed by atoms with Gasteiger partial charge in [0.05, 0.1) is 0 Å². The fourth-order valence-corrected chi connectivity index (χ4v) is 3.01. The van der Waals surface area contributed by atoms with Crippen LogP contribution in [0.2, 0.25) is 0 Å². The van der Waals surface area contributed by atoms with Gasteiger partial charge in [-0.25, -0.2) is 0 Å². The number of piperidine rings is 1. The molecule has 1 heterocycles. The van der Waals surface area contributed by atoms with E-state index in [1.165, 1.54) is 49.2 Å². The molecule has 1 atom stereocenters. The highest BCUT2D eigenvalue weighted by Crippen LogP contribution is 2.28. The highest BCUT2D eigenvalue weighted by Gasteiger charge is 2.19. The number of anilines is 1. The Labute approximate surface area is 111 Å². The van der Waals surface area contributed by atoms with Crippen molar-refractivity contribution in [1.29, 1.82) is 0 Å². The summed E-state index contributed by atoms with van der Waals surface area (Å²) in [6.07, 6.45) is 5.03. The Morgan fingerprint density at radius 2 is 2.22 bits per heavy atom. The SMILES string of the molecule is CCC1CCCN(c2ccc(CCN)cc2C)C1. The van der Waals surface area contributed by atoms with Crippen molar-refractivity contribution in [3.8, 4) is 0 Å². The third kappa shape index (κ3) is 3.05. The van der Waals surface area contributed by atoms with Gasteiger partial charge in [-0.15, -0.1) is 0 Å². The van der Waals surface area contributed by atoms with E-state index < -0.39 is 0 Å². The summed E-state index contributed by atoms with van der Waals surface area (Å²) in [6.45, 7) is 7.72. The van der Waals surface area contributed by atoms with Gasteiger partial charge in [-0.1, -0.05) is 25.5 Å². The molecule has 0 aromatic heterocycles. The van der Waals surface area contributed by atoms with Gasteiger partial charge in [-0.2, -0.15) is 0 Å². The lowest BCUT2D eigenvalue weighted by Gasteiger charge is -2.35. The molecule has 1 aliphatic rings. The fourth-order valence-electron chi connectivity index (χ4n) is 3.01. The summed E-state index contributed by atoms with van der Waals surface area (Å²) in [5.41, 5.74) is 9.81. The van der Waals surface area contributed by atoms with Crippen LogP contribution in [0.3, 0.4) is 0 Å². The maximum absolute atomic E-state index is 5.62. The van der Waals surface area contributed by atoms with Gasteiger partial charge in [-0.05, 0) is 55.8 Å². The molecule has 1 aromatic carbocycles. The fraction of sp³-hybridized carbons (Fsp3) is 0.625. The molecule has 1 aromatic rings. The Balaban J connectivity index is 2.12. The molecule has 18 heavy (non-hydrogen) atoms. The summed E-state index contributed by atoms with van der Waals surface area (Å²) >= 11 is 0. The Kier molecular flexibility index (Phi) is 4.65. The molecule has 2 heteroatoms. The van der Waals surface area contributed by atoms with E-state index in [0.29, 0.717) is 0 Å². The molecule has 0 saturated carbocycles. The van der Waals surface area contributed by atoms with Crippen LogP contribution in [0.25, 0.3) is 0 Å². The summed E-state index contributed by atoms with van der Waals surface area (Å²) in [5, 5.41) is 0. The number of nitrogens with two attached hydrogens (primary N) is 1. The first kappa shape index (κ1) is 13.4. The first-order chi connectivity index (χ1) is 8.74. The Morgan fingerprint density at radius 1 is 1.39 bits per heavy atom. The molecular formula is C16H26N2. The zero-order chi connectivity index (χ0) is 13.0. The van der Waals surface area contributed by atoms with E-state index in [4.69, 9.17) is 5.73 Å². The van der Waals surface area contributed by atoms with Crippen LogP contribution in [0.5, 0.6) is 0 Å². The standard InChI is InChI=1S/C16H26N2/c1-3-14-5-4-10-18(12-14)16-7-6-15(8-9-17)11-13(16)2/h6-7,11,14H,3-5,8-10,12,17H2,1-2H3. The molecule has 1 saturated heterocycles. The first-order valence-electron chi connectivity index (χ1n) is 7.29. The van der Waals surface area contributed by atoms with Crippen LogP contribution in [0.15, 0.2) is 18.2 Å². The van der Waals surface area contributed by atoms with Gasteiger partial charge in [0.1, 0.15) is 0 Å². The number of hydrogen-bond acceptors (Lipinski definition) is 2. The molecule has 1 aliphatic heterocycles. The molecule has 0 bridgehead atoms. The molecule has 1 fully saturated rings. The maximum atomic E-state index is 5.62. The van der Waals surface area contributed by atoms with Crippen LogP contribution in [0.4, 0.5) is 5.69 Å². The summed E-state index contributed by atoms with van der Waals surface area (Å²) in [6, 6.07) is 6.83. The topological polar surface area (TPSA) is 29.3 Å². The van der Waals surface area contributed by atoms with Crippen molar-refractivity contribution >= 4 is 5.69 Å².